The number of carbonyl (C=O) groups excluding carboxylic acids is 1. The minimum Gasteiger partial charge on any atom is -0.356 e. The highest BCUT2D eigenvalue weighted by Gasteiger charge is 2.30. The van der Waals surface area contributed by atoms with Crippen LogP contribution < -0.4 is 10.2 Å². The lowest BCUT2D eigenvalue weighted by molar-refractivity contribution is -0.137. The fourth-order valence-electron chi connectivity index (χ4n) is 2.73. The van der Waals surface area contributed by atoms with Gasteiger partial charge in [-0.15, -0.1) is 0 Å². The van der Waals surface area contributed by atoms with Crippen molar-refractivity contribution in [3.05, 3.63) is 46.6 Å². The molecule has 5 nitrogen and oxygen atoms in total. The Bertz CT molecular complexity index is 845. The molecule has 0 spiro atoms. The number of hydrogen-bond acceptors (Lipinski definition) is 5. The Labute approximate surface area is 183 Å². The van der Waals surface area contributed by atoms with E-state index in [0.29, 0.717) is 21.7 Å². The van der Waals surface area contributed by atoms with Crippen LogP contribution in [-0.4, -0.2) is 34.7 Å². The van der Waals surface area contributed by atoms with Crippen LogP contribution in [-0.2, 0) is 17.5 Å². The van der Waals surface area contributed by atoms with Gasteiger partial charge >= 0.3 is 6.18 Å². The van der Waals surface area contributed by atoms with Crippen molar-refractivity contribution in [2.45, 2.75) is 44.6 Å². The second-order valence-corrected chi connectivity index (χ2v) is 7.91. The molecule has 1 N–H and O–H groups in total. The monoisotopic (exact) mass is 460 g/mol. The van der Waals surface area contributed by atoms with Crippen LogP contribution in [0.3, 0.4) is 0 Å². The molecule has 1 aromatic carbocycles. The van der Waals surface area contributed by atoms with Crippen molar-refractivity contribution in [2.24, 2.45) is 0 Å². The third-order valence-electron chi connectivity index (χ3n) is 4.05. The maximum absolute atomic E-state index is 12.8. The van der Waals surface area contributed by atoms with Gasteiger partial charge in [0.15, 0.2) is 5.16 Å². The predicted molar refractivity (Wildman–Crippen MR) is 114 cm³/mol. The Morgan fingerprint density at radius 3 is 2.50 bits per heavy atom. The number of thioether (sulfide) groups is 1. The van der Waals surface area contributed by atoms with E-state index in [4.69, 9.17) is 11.6 Å². The van der Waals surface area contributed by atoms with Crippen LogP contribution in [0.25, 0.3) is 0 Å². The van der Waals surface area contributed by atoms with E-state index in [1.807, 2.05) is 0 Å². The molecule has 0 atom stereocenters. The lowest BCUT2D eigenvalue weighted by atomic mass is 10.1. The number of rotatable bonds is 10. The van der Waals surface area contributed by atoms with E-state index in [0.717, 1.165) is 49.8 Å². The van der Waals surface area contributed by atoms with Gasteiger partial charge in [0.1, 0.15) is 11.0 Å². The van der Waals surface area contributed by atoms with Crippen LogP contribution in [0.15, 0.2) is 35.5 Å². The Balaban J connectivity index is 1.94. The van der Waals surface area contributed by atoms with Crippen LogP contribution >= 0.6 is 23.4 Å². The number of nitrogens with one attached hydrogen (secondary N) is 1. The van der Waals surface area contributed by atoms with Crippen molar-refractivity contribution in [1.29, 1.82) is 0 Å². The first-order chi connectivity index (χ1) is 14.2. The minimum absolute atomic E-state index is 0.00570. The fraction of sp³-hybridized carbons (Fsp3) is 0.450. The molecule has 0 aliphatic carbocycles. The van der Waals surface area contributed by atoms with Crippen molar-refractivity contribution in [2.75, 3.05) is 23.7 Å². The molecule has 164 valence electrons. The van der Waals surface area contributed by atoms with Gasteiger partial charge in [-0.05, 0) is 30.5 Å². The lowest BCUT2D eigenvalue weighted by Crippen LogP contribution is -2.26. The zero-order valence-corrected chi connectivity index (χ0v) is 18.4. The summed E-state index contributed by atoms with van der Waals surface area (Å²) in [7, 11) is 0. The van der Waals surface area contributed by atoms with Crippen LogP contribution in [0.2, 0.25) is 5.15 Å². The third kappa shape index (κ3) is 7.68. The number of halogens is 4. The molecule has 30 heavy (non-hydrogen) atoms. The van der Waals surface area contributed by atoms with Crippen molar-refractivity contribution in [1.82, 2.24) is 15.3 Å². The molecular weight excluding hydrogens is 437 g/mol. The van der Waals surface area contributed by atoms with Gasteiger partial charge in [0.2, 0.25) is 5.91 Å². The first kappa shape index (κ1) is 24.3. The average molecular weight is 461 g/mol. The van der Waals surface area contributed by atoms with Crippen LogP contribution in [0.1, 0.15) is 37.8 Å². The number of aromatic nitrogens is 2. The molecule has 1 amide bonds. The largest absolute Gasteiger partial charge is 0.416 e. The Kier molecular flexibility index (Phi) is 9.23. The topological polar surface area (TPSA) is 58.1 Å². The summed E-state index contributed by atoms with van der Waals surface area (Å²) in [5, 5.41) is 3.29. The van der Waals surface area contributed by atoms with Gasteiger partial charge in [0.25, 0.3) is 0 Å². The molecule has 0 radical (unpaired) electrons. The zero-order chi connectivity index (χ0) is 22.1. The predicted octanol–water partition coefficient (Wildman–Crippen LogP) is 5.18. The van der Waals surface area contributed by atoms with Crippen molar-refractivity contribution >= 4 is 35.1 Å². The summed E-state index contributed by atoms with van der Waals surface area (Å²) in [6.07, 6.45) is -2.50. The van der Waals surface area contributed by atoms with E-state index in [-0.39, 0.29) is 18.2 Å². The van der Waals surface area contributed by atoms with Crippen molar-refractivity contribution in [3.63, 3.8) is 0 Å². The number of hydrogen-bond donors (Lipinski definition) is 1. The summed E-state index contributed by atoms with van der Waals surface area (Å²) < 4.78 is 38.3. The quantitative estimate of drug-likeness (QED) is 0.300. The second-order valence-electron chi connectivity index (χ2n) is 6.58. The van der Waals surface area contributed by atoms with Gasteiger partial charge in [-0.1, -0.05) is 49.3 Å². The number of alkyl halides is 3. The smallest absolute Gasteiger partial charge is 0.356 e. The summed E-state index contributed by atoms with van der Waals surface area (Å²) in [5.74, 6) is 0.410. The highest BCUT2D eigenvalue weighted by Crippen LogP contribution is 2.29. The average Bonchev–Trinajstić information content (AvgIpc) is 2.70. The van der Waals surface area contributed by atoms with Gasteiger partial charge < -0.3 is 10.2 Å². The Hall–Kier alpha value is -2.00. The maximum Gasteiger partial charge on any atom is 0.416 e. The van der Waals surface area contributed by atoms with E-state index < -0.39 is 11.7 Å². The minimum atomic E-state index is -4.42. The fourth-order valence-corrected chi connectivity index (χ4v) is 3.64. The molecule has 0 unspecified atom stereocenters. The molecule has 2 rings (SSSR count). The van der Waals surface area contributed by atoms with Gasteiger partial charge in [-0.2, -0.15) is 13.2 Å². The SMILES string of the molecule is CCCN(CCC)c1cc(Cl)nc(SCC(=O)NCc2cccc(C(F)(F)F)c2)n1. The van der Waals surface area contributed by atoms with Crippen molar-refractivity contribution < 1.29 is 18.0 Å². The van der Waals surface area contributed by atoms with E-state index in [2.05, 4.69) is 34.0 Å². The van der Waals surface area contributed by atoms with E-state index >= 15 is 0 Å². The highest BCUT2D eigenvalue weighted by atomic mass is 35.5. The van der Waals surface area contributed by atoms with E-state index in [9.17, 15) is 18.0 Å². The number of anilines is 1. The molecular formula is C20H24ClF3N4OS. The van der Waals surface area contributed by atoms with Crippen LogP contribution in [0.4, 0.5) is 19.0 Å². The van der Waals surface area contributed by atoms with Crippen LogP contribution in [0.5, 0.6) is 0 Å². The molecule has 0 aliphatic heterocycles. The summed E-state index contributed by atoms with van der Waals surface area (Å²) in [4.78, 5) is 22.9. The van der Waals surface area contributed by atoms with Gasteiger partial charge in [0, 0.05) is 25.7 Å². The third-order valence-corrected chi connectivity index (χ3v) is 5.09. The first-order valence-electron chi connectivity index (χ1n) is 9.58. The molecule has 0 bridgehead atoms. The highest BCUT2D eigenvalue weighted by molar-refractivity contribution is 7.99. The molecule has 0 fully saturated rings. The molecule has 2 aromatic rings. The summed E-state index contributed by atoms with van der Waals surface area (Å²) in [6, 6.07) is 6.57. The summed E-state index contributed by atoms with van der Waals surface area (Å²) >= 11 is 7.25. The summed E-state index contributed by atoms with van der Waals surface area (Å²) in [5.41, 5.74) is -0.369. The molecule has 10 heteroatoms. The molecule has 0 aliphatic rings. The van der Waals surface area contributed by atoms with Gasteiger partial charge in [-0.25, -0.2) is 9.97 Å². The standard InChI is InChI=1S/C20H24ClF3N4OS/c1-3-8-28(9-4-2)17-11-16(21)26-19(27-17)30-13-18(29)25-12-14-6-5-7-15(10-14)20(22,23)24/h5-7,10-11H,3-4,8-9,12-13H2,1-2H3,(H,25,29). The van der Waals surface area contributed by atoms with Crippen molar-refractivity contribution in [3.8, 4) is 0 Å². The maximum atomic E-state index is 12.8. The van der Waals surface area contributed by atoms with E-state index in [1.54, 1.807) is 6.07 Å². The van der Waals surface area contributed by atoms with Gasteiger partial charge in [0.05, 0.1) is 11.3 Å². The molecule has 0 saturated carbocycles. The number of benzene rings is 1. The van der Waals surface area contributed by atoms with Crippen LogP contribution in [0, 0.1) is 0 Å². The second kappa shape index (κ2) is 11.4. The normalized spacial score (nSPS) is 11.4. The zero-order valence-electron chi connectivity index (χ0n) is 16.8. The number of carbonyl (C=O) groups is 1. The number of nitrogens with zero attached hydrogens (tertiary/aromatic N) is 3. The first-order valence-corrected chi connectivity index (χ1v) is 10.9. The Morgan fingerprint density at radius 2 is 1.87 bits per heavy atom. The summed E-state index contributed by atoms with van der Waals surface area (Å²) in [6.45, 7) is 5.84. The molecule has 1 heterocycles. The lowest BCUT2D eigenvalue weighted by Gasteiger charge is -2.22. The van der Waals surface area contributed by atoms with Gasteiger partial charge in [-0.3, -0.25) is 4.79 Å². The molecule has 0 saturated heterocycles. The molecule has 1 aromatic heterocycles. The number of amides is 1. The van der Waals surface area contributed by atoms with E-state index in [1.165, 1.54) is 12.1 Å². The Morgan fingerprint density at radius 1 is 1.17 bits per heavy atom.